The third-order valence-corrected chi connectivity index (χ3v) is 9.17. The molecule has 2 heterocycles. The van der Waals surface area contributed by atoms with Crippen molar-refractivity contribution in [2.24, 2.45) is 0 Å². The summed E-state index contributed by atoms with van der Waals surface area (Å²) in [6.45, 7) is 5.67. The van der Waals surface area contributed by atoms with Gasteiger partial charge in [-0.3, -0.25) is 4.90 Å². The molecule has 2 unspecified atom stereocenters. The van der Waals surface area contributed by atoms with Crippen molar-refractivity contribution in [1.82, 2.24) is 4.90 Å². The van der Waals surface area contributed by atoms with Crippen molar-refractivity contribution >= 4 is 56.8 Å². The lowest BCUT2D eigenvalue weighted by molar-refractivity contribution is -0.169. The Labute approximate surface area is 220 Å². The van der Waals surface area contributed by atoms with Gasteiger partial charge in [-0.1, -0.05) is 48.5 Å². The van der Waals surface area contributed by atoms with E-state index in [1.54, 1.807) is 6.92 Å². The first kappa shape index (κ1) is 24.8. The number of carbonyl (C=O) groups excluding carboxylic acids is 1. The summed E-state index contributed by atoms with van der Waals surface area (Å²) in [6.07, 6.45) is 1.35. The largest absolute Gasteiger partial charge is 0.473 e. The number of aryl methyl sites for hydroxylation is 1. The van der Waals surface area contributed by atoms with E-state index in [-0.39, 0.29) is 6.04 Å². The molecule has 1 aromatic heterocycles. The number of thiol groups is 1. The highest BCUT2D eigenvalue weighted by Crippen LogP contribution is 2.42. The second-order valence-corrected chi connectivity index (χ2v) is 11.0. The smallest absolute Gasteiger partial charge is 0.417 e. The maximum atomic E-state index is 12.0. The fourth-order valence-corrected chi connectivity index (χ4v) is 7.27. The van der Waals surface area contributed by atoms with Crippen LogP contribution in [-0.4, -0.2) is 41.1 Å². The number of likely N-dealkylation sites (tertiary alicyclic amines) is 1. The maximum Gasteiger partial charge on any atom is 0.417 e. The van der Waals surface area contributed by atoms with Gasteiger partial charge in [0.2, 0.25) is 0 Å². The molecule has 0 spiro atoms. The predicted molar refractivity (Wildman–Crippen MR) is 147 cm³/mol. The number of thiophene rings is 1. The number of hydrogen-bond donors (Lipinski definition) is 2. The maximum absolute atomic E-state index is 12.0. The van der Waals surface area contributed by atoms with E-state index in [2.05, 4.69) is 54.8 Å². The Bertz CT molecular complexity index is 1440. The molecule has 0 bridgehead atoms. The van der Waals surface area contributed by atoms with Gasteiger partial charge in [0.05, 0.1) is 6.04 Å². The first-order valence-electron chi connectivity index (χ1n) is 12.2. The molecule has 1 aliphatic heterocycles. The van der Waals surface area contributed by atoms with Crippen LogP contribution in [0, 0.1) is 6.92 Å². The van der Waals surface area contributed by atoms with Crippen molar-refractivity contribution < 1.29 is 19.4 Å². The zero-order chi connectivity index (χ0) is 25.4. The number of rotatable bonds is 5. The molecule has 5 rings (SSSR count). The van der Waals surface area contributed by atoms with Gasteiger partial charge in [-0.05, 0) is 85.1 Å². The van der Waals surface area contributed by atoms with Crippen molar-refractivity contribution in [3.05, 3.63) is 76.7 Å². The number of carboxylic acids is 1. The number of esters is 1. The molecule has 2 atom stereocenters. The number of benzene rings is 3. The summed E-state index contributed by atoms with van der Waals surface area (Å²) in [5.74, 6) is -2.32. The van der Waals surface area contributed by atoms with Crippen LogP contribution >= 0.6 is 24.0 Å². The van der Waals surface area contributed by atoms with Gasteiger partial charge in [-0.2, -0.15) is 0 Å². The lowest BCUT2D eigenvalue weighted by Crippen LogP contribution is -2.42. The number of nitrogens with zero attached hydrogens (tertiary/aromatic N) is 1. The SMILES string of the molecule is Cc1c(C2CCN(C(c3ccc(S)c4ccccc34)C(C)OC(=O)C(=O)O)CC2)sc2ccccc12. The Balaban J connectivity index is 1.46. The van der Waals surface area contributed by atoms with Gasteiger partial charge >= 0.3 is 11.9 Å². The Morgan fingerprint density at radius 2 is 1.64 bits per heavy atom. The Morgan fingerprint density at radius 3 is 2.31 bits per heavy atom. The van der Waals surface area contributed by atoms with Gasteiger partial charge in [0, 0.05) is 14.5 Å². The summed E-state index contributed by atoms with van der Waals surface area (Å²) in [5.41, 5.74) is 2.40. The van der Waals surface area contributed by atoms with E-state index in [4.69, 9.17) is 9.84 Å². The first-order valence-corrected chi connectivity index (χ1v) is 13.5. The van der Waals surface area contributed by atoms with Gasteiger partial charge in [0.25, 0.3) is 0 Å². The number of hydrogen-bond acceptors (Lipinski definition) is 6. The first-order chi connectivity index (χ1) is 17.3. The average Bonchev–Trinajstić information content (AvgIpc) is 3.22. The summed E-state index contributed by atoms with van der Waals surface area (Å²) in [4.78, 5) is 27.9. The van der Waals surface area contributed by atoms with Crippen LogP contribution in [0.15, 0.2) is 65.6 Å². The van der Waals surface area contributed by atoms with Gasteiger partial charge < -0.3 is 9.84 Å². The zero-order valence-electron chi connectivity index (χ0n) is 20.3. The summed E-state index contributed by atoms with van der Waals surface area (Å²) in [6, 6.07) is 20.4. The molecule has 3 aromatic carbocycles. The van der Waals surface area contributed by atoms with Crippen LogP contribution in [0.1, 0.15) is 47.7 Å². The van der Waals surface area contributed by atoms with Crippen LogP contribution in [0.2, 0.25) is 0 Å². The Morgan fingerprint density at radius 1 is 1.00 bits per heavy atom. The van der Waals surface area contributed by atoms with Crippen LogP contribution in [0.4, 0.5) is 0 Å². The number of ether oxygens (including phenoxy) is 1. The molecule has 0 saturated carbocycles. The molecule has 0 aliphatic carbocycles. The van der Waals surface area contributed by atoms with Gasteiger partial charge in [-0.15, -0.1) is 24.0 Å². The summed E-state index contributed by atoms with van der Waals surface area (Å²) in [7, 11) is 0. The van der Waals surface area contributed by atoms with Gasteiger partial charge in [0.15, 0.2) is 0 Å². The molecule has 5 nitrogen and oxygen atoms in total. The molecule has 7 heteroatoms. The molecule has 1 fully saturated rings. The van der Waals surface area contributed by atoms with Crippen LogP contribution in [0.25, 0.3) is 20.9 Å². The second kappa shape index (κ2) is 10.2. The lowest BCUT2D eigenvalue weighted by Gasteiger charge is -2.40. The highest BCUT2D eigenvalue weighted by atomic mass is 32.1. The highest BCUT2D eigenvalue weighted by Gasteiger charge is 2.35. The van der Waals surface area contributed by atoms with E-state index in [9.17, 15) is 9.59 Å². The second-order valence-electron chi connectivity index (χ2n) is 9.48. The van der Waals surface area contributed by atoms with E-state index in [0.29, 0.717) is 5.92 Å². The fraction of sp³-hybridized carbons (Fsp3) is 0.310. The molecule has 1 saturated heterocycles. The molecule has 186 valence electrons. The molecule has 1 N–H and O–H groups in total. The molecule has 0 amide bonds. The third kappa shape index (κ3) is 4.63. The van der Waals surface area contributed by atoms with Crippen LogP contribution in [-0.2, 0) is 14.3 Å². The van der Waals surface area contributed by atoms with Crippen molar-refractivity contribution in [3.63, 3.8) is 0 Å². The highest BCUT2D eigenvalue weighted by molar-refractivity contribution is 7.80. The van der Waals surface area contributed by atoms with E-state index < -0.39 is 18.0 Å². The van der Waals surface area contributed by atoms with Gasteiger partial charge in [0.1, 0.15) is 6.10 Å². The number of carbonyl (C=O) groups is 2. The number of aliphatic carboxylic acids is 1. The molecule has 0 radical (unpaired) electrons. The number of fused-ring (bicyclic) bond motifs is 2. The van der Waals surface area contributed by atoms with Crippen molar-refractivity contribution in [2.45, 2.75) is 49.6 Å². The molecule has 4 aromatic rings. The van der Waals surface area contributed by atoms with Crippen LogP contribution in [0.3, 0.4) is 0 Å². The Kier molecular flexibility index (Phi) is 7.06. The quantitative estimate of drug-likeness (QED) is 0.177. The molecule has 1 aliphatic rings. The standard InChI is InChI=1S/C29H29NO4S2/c1-17-20-7-5-6-10-25(20)36-27(17)19-13-15-30(16-14-19)26(18(2)34-29(33)28(31)32)23-11-12-24(35)22-9-4-3-8-21(22)23/h3-12,18-19,26,35H,13-16H2,1-2H3,(H,31,32). The van der Waals surface area contributed by atoms with Crippen molar-refractivity contribution in [2.75, 3.05) is 13.1 Å². The minimum Gasteiger partial charge on any atom is -0.473 e. The third-order valence-electron chi connectivity index (χ3n) is 7.34. The van der Waals surface area contributed by atoms with E-state index >= 15 is 0 Å². The van der Waals surface area contributed by atoms with Crippen LogP contribution in [0.5, 0.6) is 0 Å². The van der Waals surface area contributed by atoms with Crippen molar-refractivity contribution in [3.8, 4) is 0 Å². The van der Waals surface area contributed by atoms with E-state index in [1.165, 1.54) is 20.5 Å². The normalized spacial score (nSPS) is 16.8. The average molecular weight is 520 g/mol. The molecule has 36 heavy (non-hydrogen) atoms. The minimum atomic E-state index is -1.57. The Hall–Kier alpha value is -2.87. The summed E-state index contributed by atoms with van der Waals surface area (Å²) in [5, 5.41) is 12.6. The fourth-order valence-electron chi connectivity index (χ4n) is 5.62. The van der Waals surface area contributed by atoms with Gasteiger partial charge in [-0.25, -0.2) is 9.59 Å². The molecular formula is C29H29NO4S2. The minimum absolute atomic E-state index is 0.267. The molecular weight excluding hydrogens is 490 g/mol. The summed E-state index contributed by atoms with van der Waals surface area (Å²) < 4.78 is 6.77. The summed E-state index contributed by atoms with van der Waals surface area (Å²) >= 11 is 6.53. The monoisotopic (exact) mass is 519 g/mol. The number of piperidine rings is 1. The topological polar surface area (TPSA) is 66.8 Å². The lowest BCUT2D eigenvalue weighted by atomic mass is 9.88. The van der Waals surface area contributed by atoms with Crippen molar-refractivity contribution in [1.29, 1.82) is 0 Å². The van der Waals surface area contributed by atoms with E-state index in [0.717, 1.165) is 47.2 Å². The predicted octanol–water partition coefficient (Wildman–Crippen LogP) is 6.59. The van der Waals surface area contributed by atoms with E-state index in [1.807, 2.05) is 41.7 Å². The zero-order valence-corrected chi connectivity index (χ0v) is 22.0. The number of carboxylic acid groups (broad SMARTS) is 1. The van der Waals surface area contributed by atoms with Crippen LogP contribution < -0.4 is 0 Å².